The summed E-state index contributed by atoms with van der Waals surface area (Å²) in [6, 6.07) is -0.0625. The summed E-state index contributed by atoms with van der Waals surface area (Å²) in [5, 5.41) is 10.4. The number of amides is 1. The van der Waals surface area contributed by atoms with Crippen molar-refractivity contribution >= 4 is 23.5 Å². The number of carboxylic acid groups (broad SMARTS) is 1. The molecule has 28 heavy (non-hydrogen) atoms. The van der Waals surface area contributed by atoms with Crippen LogP contribution in [-0.4, -0.2) is 57.8 Å². The first-order chi connectivity index (χ1) is 13.1. The lowest BCUT2D eigenvalue weighted by molar-refractivity contribution is -0.268. The lowest BCUT2D eigenvalue weighted by Crippen LogP contribution is -2.62. The number of aromatic nitrogens is 3. The van der Waals surface area contributed by atoms with Crippen molar-refractivity contribution in [2.45, 2.75) is 12.2 Å². The third-order valence-corrected chi connectivity index (χ3v) is 4.47. The molecule has 1 unspecified atom stereocenters. The summed E-state index contributed by atoms with van der Waals surface area (Å²) in [6.07, 6.45) is -5.49. The first-order valence-corrected chi connectivity index (χ1v) is 8.16. The molecule has 0 saturated carbocycles. The SMILES string of the molecule is O=C([O-])N1CCN(c2nc(-c3ccnc(F)c3)[nH]c(=O)c2Cl)C(C(F)(F)F)C1. The molecule has 3 heterocycles. The molecular weight excluding hydrogens is 410 g/mol. The smallest absolute Gasteiger partial charge is 0.410 e. The molecule has 0 radical (unpaired) electrons. The van der Waals surface area contributed by atoms with Crippen molar-refractivity contribution in [2.75, 3.05) is 24.5 Å². The Labute approximate surface area is 159 Å². The van der Waals surface area contributed by atoms with Crippen molar-refractivity contribution in [3.63, 3.8) is 0 Å². The molecule has 0 bridgehead atoms. The average Bonchev–Trinajstić information content (AvgIpc) is 2.62. The van der Waals surface area contributed by atoms with Crippen LogP contribution in [0.15, 0.2) is 23.1 Å². The zero-order valence-electron chi connectivity index (χ0n) is 13.8. The molecule has 13 heteroatoms. The lowest BCUT2D eigenvalue weighted by atomic mass is 10.1. The number of piperazine rings is 1. The Hall–Kier alpha value is -2.89. The summed E-state index contributed by atoms with van der Waals surface area (Å²) < 4.78 is 53.9. The second kappa shape index (κ2) is 7.26. The Kier molecular flexibility index (Phi) is 5.15. The van der Waals surface area contributed by atoms with Crippen LogP contribution in [0, 0.1) is 5.95 Å². The number of rotatable bonds is 2. The standard InChI is InChI=1S/C15H12ClF4N5O3/c16-10-12(22-11(23-13(10)26)7-1-2-21-9(17)5-7)25-4-3-24(14(27)28)6-8(25)15(18,19)20/h1-2,5,8H,3-4,6H2,(H,27,28)(H,22,23,26)/p-1. The Morgan fingerprint density at radius 1 is 1.36 bits per heavy atom. The van der Waals surface area contributed by atoms with Gasteiger partial charge < -0.3 is 24.7 Å². The van der Waals surface area contributed by atoms with E-state index in [0.29, 0.717) is 9.80 Å². The zero-order valence-corrected chi connectivity index (χ0v) is 14.6. The minimum Gasteiger partial charge on any atom is -0.530 e. The van der Waals surface area contributed by atoms with Gasteiger partial charge in [0.05, 0.1) is 0 Å². The van der Waals surface area contributed by atoms with Gasteiger partial charge in [0.15, 0.2) is 5.82 Å². The molecule has 1 atom stereocenters. The molecule has 0 aromatic carbocycles. The second-order valence-corrected chi connectivity index (χ2v) is 6.26. The Bertz CT molecular complexity index is 967. The normalized spacial score (nSPS) is 17.7. The van der Waals surface area contributed by atoms with Crippen molar-refractivity contribution in [3.8, 4) is 11.4 Å². The maximum absolute atomic E-state index is 13.5. The predicted octanol–water partition coefficient (Wildman–Crippen LogP) is 1.02. The Morgan fingerprint density at radius 2 is 2.07 bits per heavy atom. The van der Waals surface area contributed by atoms with Gasteiger partial charge in [0.2, 0.25) is 5.95 Å². The van der Waals surface area contributed by atoms with Gasteiger partial charge in [0, 0.05) is 37.5 Å². The van der Waals surface area contributed by atoms with Crippen LogP contribution in [-0.2, 0) is 0 Å². The van der Waals surface area contributed by atoms with E-state index >= 15 is 0 Å². The fourth-order valence-corrected chi connectivity index (χ4v) is 3.00. The summed E-state index contributed by atoms with van der Waals surface area (Å²) in [6.45, 7) is -1.67. The second-order valence-electron chi connectivity index (χ2n) is 5.88. The molecule has 1 aliphatic heterocycles. The summed E-state index contributed by atoms with van der Waals surface area (Å²) in [5.41, 5.74) is -0.860. The number of H-pyrrole nitrogens is 1. The van der Waals surface area contributed by atoms with Crippen LogP contribution in [0.5, 0.6) is 0 Å². The molecule has 1 fully saturated rings. The van der Waals surface area contributed by atoms with Gasteiger partial charge in [-0.1, -0.05) is 11.6 Å². The molecule has 1 amide bonds. The van der Waals surface area contributed by atoms with Gasteiger partial charge in [0.1, 0.15) is 23.0 Å². The van der Waals surface area contributed by atoms with Gasteiger partial charge in [-0.3, -0.25) is 4.79 Å². The number of nitrogens with zero attached hydrogens (tertiary/aromatic N) is 4. The first-order valence-electron chi connectivity index (χ1n) is 7.79. The number of anilines is 1. The summed E-state index contributed by atoms with van der Waals surface area (Å²) in [4.78, 5) is 33.9. The van der Waals surface area contributed by atoms with E-state index in [2.05, 4.69) is 15.0 Å². The highest BCUT2D eigenvalue weighted by Crippen LogP contribution is 2.33. The monoisotopic (exact) mass is 420 g/mol. The van der Waals surface area contributed by atoms with E-state index < -0.39 is 53.7 Å². The number of carbonyl (C=O) groups excluding carboxylic acids is 1. The van der Waals surface area contributed by atoms with Crippen LogP contribution in [0.1, 0.15) is 0 Å². The molecule has 2 aromatic heterocycles. The molecular formula is C15H11ClF4N5O3-. The van der Waals surface area contributed by atoms with Crippen LogP contribution in [0.4, 0.5) is 28.2 Å². The molecule has 150 valence electrons. The van der Waals surface area contributed by atoms with Crippen LogP contribution in [0.3, 0.4) is 0 Å². The molecule has 1 N–H and O–H groups in total. The molecule has 0 aliphatic carbocycles. The minimum absolute atomic E-state index is 0.0689. The van der Waals surface area contributed by atoms with Gasteiger partial charge >= 0.3 is 6.18 Å². The van der Waals surface area contributed by atoms with Crippen LogP contribution >= 0.6 is 11.6 Å². The third-order valence-electron chi connectivity index (χ3n) is 4.13. The van der Waals surface area contributed by atoms with Gasteiger partial charge in [0.25, 0.3) is 5.56 Å². The molecule has 1 saturated heterocycles. The summed E-state index contributed by atoms with van der Waals surface area (Å²) in [7, 11) is 0. The maximum Gasteiger partial charge on any atom is 0.410 e. The van der Waals surface area contributed by atoms with Gasteiger partial charge in [-0.2, -0.15) is 17.6 Å². The van der Waals surface area contributed by atoms with Gasteiger partial charge in [-0.15, -0.1) is 0 Å². The minimum atomic E-state index is -4.84. The number of aromatic amines is 1. The zero-order chi connectivity index (χ0) is 20.6. The van der Waals surface area contributed by atoms with E-state index in [-0.39, 0.29) is 17.9 Å². The van der Waals surface area contributed by atoms with E-state index in [4.69, 9.17) is 11.6 Å². The van der Waals surface area contributed by atoms with E-state index in [1.807, 2.05) is 0 Å². The fraction of sp³-hybridized carbons (Fsp3) is 0.333. The van der Waals surface area contributed by atoms with Gasteiger partial charge in [-0.25, -0.2) is 9.97 Å². The number of pyridine rings is 1. The number of alkyl halides is 3. The number of nitrogens with one attached hydrogen (secondary N) is 1. The molecule has 1 aliphatic rings. The molecule has 0 spiro atoms. The fourth-order valence-electron chi connectivity index (χ4n) is 2.81. The van der Waals surface area contributed by atoms with Crippen LogP contribution < -0.4 is 15.6 Å². The average molecular weight is 421 g/mol. The molecule has 8 nitrogen and oxygen atoms in total. The third kappa shape index (κ3) is 3.86. The first kappa shape index (κ1) is 19.9. The summed E-state index contributed by atoms with van der Waals surface area (Å²) in [5.74, 6) is -1.58. The van der Waals surface area contributed by atoms with Crippen molar-refractivity contribution in [1.29, 1.82) is 0 Å². The largest absolute Gasteiger partial charge is 0.530 e. The van der Waals surface area contributed by atoms with E-state index in [9.17, 15) is 32.3 Å². The Balaban J connectivity index is 2.08. The predicted molar refractivity (Wildman–Crippen MR) is 87.2 cm³/mol. The maximum atomic E-state index is 13.5. The van der Waals surface area contributed by atoms with Crippen LogP contribution in [0.2, 0.25) is 5.02 Å². The number of hydrogen-bond acceptors (Lipinski definition) is 6. The number of hydrogen-bond donors (Lipinski definition) is 1. The van der Waals surface area contributed by atoms with Crippen molar-refractivity contribution in [2.24, 2.45) is 0 Å². The Morgan fingerprint density at radius 3 is 2.68 bits per heavy atom. The highest BCUT2D eigenvalue weighted by Gasteiger charge is 2.47. The summed E-state index contributed by atoms with van der Waals surface area (Å²) >= 11 is 5.89. The molecule has 2 aromatic rings. The highest BCUT2D eigenvalue weighted by atomic mass is 35.5. The highest BCUT2D eigenvalue weighted by molar-refractivity contribution is 6.32. The van der Waals surface area contributed by atoms with Crippen molar-refractivity contribution < 1.29 is 27.5 Å². The van der Waals surface area contributed by atoms with Crippen molar-refractivity contribution in [3.05, 3.63) is 39.7 Å². The van der Waals surface area contributed by atoms with Crippen LogP contribution in [0.25, 0.3) is 11.4 Å². The lowest BCUT2D eigenvalue weighted by Gasteiger charge is -2.43. The van der Waals surface area contributed by atoms with Gasteiger partial charge in [-0.05, 0) is 6.07 Å². The van der Waals surface area contributed by atoms with E-state index in [1.165, 1.54) is 6.07 Å². The number of carbonyl (C=O) groups is 1. The van der Waals surface area contributed by atoms with E-state index in [0.717, 1.165) is 12.3 Å². The molecule has 3 rings (SSSR count). The topological polar surface area (TPSA) is 105 Å². The number of halogens is 5. The van der Waals surface area contributed by atoms with E-state index in [1.54, 1.807) is 0 Å². The van der Waals surface area contributed by atoms with Crippen molar-refractivity contribution in [1.82, 2.24) is 19.9 Å². The quantitative estimate of drug-likeness (QED) is 0.574.